The summed E-state index contributed by atoms with van der Waals surface area (Å²) in [6.07, 6.45) is 0.172. The number of benzene rings is 1. The summed E-state index contributed by atoms with van der Waals surface area (Å²) < 4.78 is 15.9. The van der Waals surface area contributed by atoms with Crippen LogP contribution in [0.15, 0.2) is 18.2 Å². The number of nitrogens with two attached hydrogens (primary N) is 1. The van der Waals surface area contributed by atoms with Gasteiger partial charge in [-0.15, -0.1) is 0 Å². The van der Waals surface area contributed by atoms with Crippen molar-refractivity contribution >= 4 is 0 Å². The topological polar surface area (TPSA) is 53.7 Å². The van der Waals surface area contributed by atoms with Gasteiger partial charge in [-0.3, -0.25) is 0 Å². The van der Waals surface area contributed by atoms with Crippen molar-refractivity contribution in [1.29, 1.82) is 0 Å². The fourth-order valence-corrected chi connectivity index (χ4v) is 1.51. The van der Waals surface area contributed by atoms with E-state index >= 15 is 0 Å². The summed E-state index contributed by atoms with van der Waals surface area (Å²) >= 11 is 0. The molecule has 4 heteroatoms. The highest BCUT2D eigenvalue weighted by Crippen LogP contribution is 2.28. The molecule has 0 aliphatic carbocycles. The van der Waals surface area contributed by atoms with Gasteiger partial charge in [-0.2, -0.15) is 0 Å². The van der Waals surface area contributed by atoms with Crippen molar-refractivity contribution in [3.8, 4) is 11.5 Å². The second-order valence-corrected chi connectivity index (χ2v) is 4.10. The molecule has 1 aromatic carbocycles. The number of ether oxygens (including phenoxy) is 3. The third-order valence-electron chi connectivity index (χ3n) is 2.45. The van der Waals surface area contributed by atoms with Gasteiger partial charge >= 0.3 is 0 Å². The summed E-state index contributed by atoms with van der Waals surface area (Å²) in [4.78, 5) is 0. The van der Waals surface area contributed by atoms with Gasteiger partial charge in [0.15, 0.2) is 0 Å². The van der Waals surface area contributed by atoms with Crippen LogP contribution < -0.4 is 15.2 Å². The van der Waals surface area contributed by atoms with E-state index in [1.54, 1.807) is 14.2 Å². The van der Waals surface area contributed by atoms with E-state index in [-0.39, 0.29) is 12.1 Å². The van der Waals surface area contributed by atoms with Crippen molar-refractivity contribution in [2.24, 2.45) is 5.73 Å². The summed E-state index contributed by atoms with van der Waals surface area (Å²) in [5.74, 6) is 1.48. The molecular formula is C13H21NO3. The lowest BCUT2D eigenvalue weighted by Gasteiger charge is -2.18. The van der Waals surface area contributed by atoms with Gasteiger partial charge < -0.3 is 19.9 Å². The lowest BCUT2D eigenvalue weighted by atomic mass is 10.1. The Morgan fingerprint density at radius 3 is 2.41 bits per heavy atom. The molecule has 2 N–H and O–H groups in total. The number of hydrogen-bond donors (Lipinski definition) is 1. The molecule has 96 valence electrons. The lowest BCUT2D eigenvalue weighted by molar-refractivity contribution is 0.0678. The van der Waals surface area contributed by atoms with Crippen LogP contribution in [0.4, 0.5) is 0 Å². The number of rotatable bonds is 6. The largest absolute Gasteiger partial charge is 0.497 e. The Balaban J connectivity index is 2.81. The highest BCUT2D eigenvalue weighted by molar-refractivity contribution is 5.42. The minimum atomic E-state index is -0.196. The van der Waals surface area contributed by atoms with E-state index in [0.717, 1.165) is 17.1 Å². The number of methoxy groups -OCH3 is 2. The molecule has 0 saturated carbocycles. The molecule has 1 aromatic rings. The molecule has 0 bridgehead atoms. The van der Waals surface area contributed by atoms with Gasteiger partial charge in [0.25, 0.3) is 0 Å². The first-order chi connectivity index (χ1) is 8.08. The standard InChI is InChI=1S/C13H21NO3/c1-9(2)17-8-12(14)11-6-5-10(15-3)7-13(11)16-4/h5-7,9,12H,8,14H2,1-4H3. The lowest BCUT2D eigenvalue weighted by Crippen LogP contribution is -2.20. The summed E-state index contributed by atoms with van der Waals surface area (Å²) in [6, 6.07) is 5.40. The zero-order valence-corrected chi connectivity index (χ0v) is 10.9. The van der Waals surface area contributed by atoms with E-state index in [0.29, 0.717) is 6.61 Å². The van der Waals surface area contributed by atoms with E-state index in [1.807, 2.05) is 32.0 Å². The average Bonchev–Trinajstić information content (AvgIpc) is 2.34. The van der Waals surface area contributed by atoms with E-state index in [9.17, 15) is 0 Å². The van der Waals surface area contributed by atoms with Crippen LogP contribution in [-0.2, 0) is 4.74 Å². The van der Waals surface area contributed by atoms with E-state index in [4.69, 9.17) is 19.9 Å². The monoisotopic (exact) mass is 239 g/mol. The zero-order valence-electron chi connectivity index (χ0n) is 10.9. The molecule has 0 radical (unpaired) electrons. The molecule has 1 atom stereocenters. The van der Waals surface area contributed by atoms with Gasteiger partial charge in [0.1, 0.15) is 11.5 Å². The van der Waals surface area contributed by atoms with E-state index < -0.39 is 0 Å². The molecule has 4 nitrogen and oxygen atoms in total. The molecule has 0 amide bonds. The molecule has 17 heavy (non-hydrogen) atoms. The SMILES string of the molecule is COc1ccc(C(N)COC(C)C)c(OC)c1. The predicted octanol–water partition coefficient (Wildman–Crippen LogP) is 2.13. The minimum Gasteiger partial charge on any atom is -0.497 e. The van der Waals surface area contributed by atoms with Gasteiger partial charge in [-0.1, -0.05) is 0 Å². The van der Waals surface area contributed by atoms with Gasteiger partial charge in [0.05, 0.1) is 33.0 Å². The third-order valence-corrected chi connectivity index (χ3v) is 2.45. The molecule has 0 saturated heterocycles. The molecule has 0 aromatic heterocycles. The minimum absolute atomic E-state index is 0.172. The molecule has 0 spiro atoms. The van der Waals surface area contributed by atoms with Crippen molar-refractivity contribution < 1.29 is 14.2 Å². The molecule has 0 aliphatic rings. The van der Waals surface area contributed by atoms with E-state index in [1.165, 1.54) is 0 Å². The summed E-state index contributed by atoms with van der Waals surface area (Å²) in [7, 11) is 3.24. The maximum atomic E-state index is 6.07. The summed E-state index contributed by atoms with van der Waals surface area (Å²) in [6.45, 7) is 4.44. The average molecular weight is 239 g/mol. The molecular weight excluding hydrogens is 218 g/mol. The first kappa shape index (κ1) is 13.8. The molecule has 0 fully saturated rings. The summed E-state index contributed by atoms with van der Waals surface area (Å²) in [5, 5.41) is 0. The van der Waals surface area contributed by atoms with Crippen LogP contribution in [0.25, 0.3) is 0 Å². The maximum absolute atomic E-state index is 6.07. The quantitative estimate of drug-likeness (QED) is 0.826. The smallest absolute Gasteiger partial charge is 0.127 e. The van der Waals surface area contributed by atoms with Crippen molar-refractivity contribution in [1.82, 2.24) is 0 Å². The van der Waals surface area contributed by atoms with Crippen molar-refractivity contribution in [3.63, 3.8) is 0 Å². The van der Waals surface area contributed by atoms with Crippen molar-refractivity contribution in [3.05, 3.63) is 23.8 Å². The Bertz CT molecular complexity index is 353. The molecule has 1 unspecified atom stereocenters. The Morgan fingerprint density at radius 1 is 1.18 bits per heavy atom. The second-order valence-electron chi connectivity index (χ2n) is 4.10. The van der Waals surface area contributed by atoms with Crippen LogP contribution >= 0.6 is 0 Å². The van der Waals surface area contributed by atoms with Crippen molar-refractivity contribution in [2.75, 3.05) is 20.8 Å². The van der Waals surface area contributed by atoms with Gasteiger partial charge in [0.2, 0.25) is 0 Å². The Morgan fingerprint density at radius 2 is 1.88 bits per heavy atom. The third kappa shape index (κ3) is 3.91. The maximum Gasteiger partial charge on any atom is 0.127 e. The summed E-state index contributed by atoms with van der Waals surface area (Å²) in [5.41, 5.74) is 6.99. The van der Waals surface area contributed by atoms with Crippen LogP contribution in [0.2, 0.25) is 0 Å². The van der Waals surface area contributed by atoms with Crippen LogP contribution in [0.5, 0.6) is 11.5 Å². The first-order valence-electron chi connectivity index (χ1n) is 5.67. The first-order valence-corrected chi connectivity index (χ1v) is 5.67. The van der Waals surface area contributed by atoms with Crippen LogP contribution in [-0.4, -0.2) is 26.9 Å². The fourth-order valence-electron chi connectivity index (χ4n) is 1.51. The predicted molar refractivity (Wildman–Crippen MR) is 67.6 cm³/mol. The van der Waals surface area contributed by atoms with Crippen LogP contribution in [0.1, 0.15) is 25.5 Å². The molecule has 0 aliphatic heterocycles. The van der Waals surface area contributed by atoms with Crippen LogP contribution in [0.3, 0.4) is 0 Å². The zero-order chi connectivity index (χ0) is 12.8. The van der Waals surface area contributed by atoms with Gasteiger partial charge in [-0.05, 0) is 26.0 Å². The fraction of sp³-hybridized carbons (Fsp3) is 0.538. The molecule has 0 heterocycles. The van der Waals surface area contributed by atoms with Gasteiger partial charge in [0, 0.05) is 11.6 Å². The Labute approximate surface area is 103 Å². The Hall–Kier alpha value is -1.26. The normalized spacial score (nSPS) is 12.6. The molecule has 1 rings (SSSR count). The second kappa shape index (κ2) is 6.47. The Kier molecular flexibility index (Phi) is 5.25. The van der Waals surface area contributed by atoms with E-state index in [2.05, 4.69) is 0 Å². The highest BCUT2D eigenvalue weighted by Gasteiger charge is 2.13. The highest BCUT2D eigenvalue weighted by atomic mass is 16.5. The van der Waals surface area contributed by atoms with Crippen LogP contribution in [0, 0.1) is 0 Å². The van der Waals surface area contributed by atoms with Gasteiger partial charge in [-0.25, -0.2) is 0 Å². The number of hydrogen-bond acceptors (Lipinski definition) is 4. The van der Waals surface area contributed by atoms with Crippen molar-refractivity contribution in [2.45, 2.75) is 26.0 Å².